The molecule has 0 aliphatic rings. The van der Waals surface area contributed by atoms with Gasteiger partial charge in [-0.05, 0) is 58.4 Å². The lowest BCUT2D eigenvalue weighted by molar-refractivity contribution is 0.109. The van der Waals surface area contributed by atoms with Crippen molar-refractivity contribution in [3.05, 3.63) is 92.9 Å². The van der Waals surface area contributed by atoms with Crippen LogP contribution in [0, 0.1) is 10.8 Å². The Hall–Kier alpha value is -2.72. The van der Waals surface area contributed by atoms with Gasteiger partial charge in [0.05, 0.1) is 11.4 Å². The fraction of sp³-hybridized carbons (Fsp3) is 0.333. The third kappa shape index (κ3) is 9.14. The van der Waals surface area contributed by atoms with Crippen molar-refractivity contribution >= 4 is 69.9 Å². The van der Waals surface area contributed by atoms with E-state index in [-0.39, 0.29) is 10.8 Å². The highest BCUT2D eigenvalue weighted by Gasteiger charge is 2.28. The SMILES string of the molecule is CC(C)(C)[C@@H](O)/C(=C\c1ccc(Cl)cc1Cl)n1cncn1.CC(C)(C)[C@@H](O)/C(=C\c1ccc(Cl)cc1Cl)n1cncn1. The first kappa shape index (κ1) is 33.8. The smallest absolute Gasteiger partial charge is 0.138 e. The highest BCUT2D eigenvalue weighted by atomic mass is 35.5. The van der Waals surface area contributed by atoms with Gasteiger partial charge in [-0.2, -0.15) is 10.2 Å². The van der Waals surface area contributed by atoms with Crippen LogP contribution in [0.4, 0.5) is 0 Å². The van der Waals surface area contributed by atoms with Crippen LogP contribution in [-0.4, -0.2) is 51.9 Å². The lowest BCUT2D eigenvalue weighted by Crippen LogP contribution is -2.29. The molecular formula is C30H34Cl4N6O2. The van der Waals surface area contributed by atoms with Crippen LogP contribution in [0.3, 0.4) is 0 Å². The van der Waals surface area contributed by atoms with Crippen LogP contribution in [-0.2, 0) is 0 Å². The first-order chi connectivity index (χ1) is 19.6. The molecule has 0 unspecified atom stereocenters. The van der Waals surface area contributed by atoms with E-state index >= 15 is 0 Å². The Morgan fingerprint density at radius 2 is 1.02 bits per heavy atom. The lowest BCUT2D eigenvalue weighted by Gasteiger charge is -2.28. The molecule has 12 heteroatoms. The molecule has 2 aromatic carbocycles. The van der Waals surface area contributed by atoms with Crippen LogP contribution in [0.25, 0.3) is 23.5 Å². The summed E-state index contributed by atoms with van der Waals surface area (Å²) in [6.07, 6.45) is 8.07. The Bertz CT molecular complexity index is 1410. The third-order valence-corrected chi connectivity index (χ3v) is 7.22. The molecule has 2 atom stereocenters. The summed E-state index contributed by atoms with van der Waals surface area (Å²) >= 11 is 24.2. The second-order valence-electron chi connectivity index (χ2n) is 11.7. The summed E-state index contributed by atoms with van der Waals surface area (Å²) in [4.78, 5) is 7.86. The van der Waals surface area contributed by atoms with Crippen molar-refractivity contribution in [2.75, 3.05) is 0 Å². The molecule has 0 aliphatic carbocycles. The van der Waals surface area contributed by atoms with Gasteiger partial charge < -0.3 is 10.2 Å². The molecule has 0 saturated heterocycles. The molecule has 0 aliphatic heterocycles. The first-order valence-corrected chi connectivity index (χ1v) is 14.5. The van der Waals surface area contributed by atoms with Gasteiger partial charge in [0.25, 0.3) is 0 Å². The van der Waals surface area contributed by atoms with E-state index in [9.17, 15) is 10.2 Å². The summed E-state index contributed by atoms with van der Waals surface area (Å²) in [6.45, 7) is 11.7. The second-order valence-corrected chi connectivity index (χ2v) is 13.4. The van der Waals surface area contributed by atoms with Gasteiger partial charge in [-0.3, -0.25) is 0 Å². The Morgan fingerprint density at radius 3 is 1.29 bits per heavy atom. The largest absolute Gasteiger partial charge is 0.386 e. The fourth-order valence-corrected chi connectivity index (χ4v) is 4.59. The highest BCUT2D eigenvalue weighted by Crippen LogP contribution is 2.32. The molecule has 8 nitrogen and oxygen atoms in total. The van der Waals surface area contributed by atoms with Gasteiger partial charge in [-0.25, -0.2) is 19.3 Å². The standard InChI is InChI=1S/2C15H17Cl2N3O/c2*1-15(2,3)14(21)13(20-9-18-8-19-20)6-10-4-5-11(16)7-12(10)17/h2*4-9,14,21H,1-3H3/b2*13-6+/t2*14-/m00/s1. The molecule has 0 saturated carbocycles. The van der Waals surface area contributed by atoms with E-state index in [0.29, 0.717) is 31.5 Å². The zero-order valence-corrected chi connectivity index (χ0v) is 27.2. The summed E-state index contributed by atoms with van der Waals surface area (Å²) in [5.41, 5.74) is 2.02. The molecule has 2 N–H and O–H groups in total. The quantitative estimate of drug-likeness (QED) is 0.219. The van der Waals surface area contributed by atoms with Crippen LogP contribution in [0.2, 0.25) is 20.1 Å². The van der Waals surface area contributed by atoms with E-state index in [2.05, 4.69) is 20.2 Å². The molecule has 2 aromatic heterocycles. The van der Waals surface area contributed by atoms with E-state index in [1.54, 1.807) is 70.6 Å². The maximum atomic E-state index is 10.6. The Kier molecular flexibility index (Phi) is 11.4. The molecular weight excluding hydrogens is 618 g/mol. The topological polar surface area (TPSA) is 102 Å². The van der Waals surface area contributed by atoms with Gasteiger partial charge >= 0.3 is 0 Å². The van der Waals surface area contributed by atoms with Crippen molar-refractivity contribution in [2.24, 2.45) is 10.8 Å². The summed E-state index contributed by atoms with van der Waals surface area (Å²) < 4.78 is 3.09. The number of aromatic nitrogens is 6. The van der Waals surface area contributed by atoms with Crippen LogP contribution in [0.1, 0.15) is 52.7 Å². The van der Waals surface area contributed by atoms with Crippen molar-refractivity contribution < 1.29 is 10.2 Å². The van der Waals surface area contributed by atoms with Crippen molar-refractivity contribution in [3.63, 3.8) is 0 Å². The van der Waals surface area contributed by atoms with Gasteiger partial charge in [0, 0.05) is 20.1 Å². The van der Waals surface area contributed by atoms with Crippen molar-refractivity contribution in [1.82, 2.24) is 29.5 Å². The van der Waals surface area contributed by atoms with Crippen molar-refractivity contribution in [2.45, 2.75) is 53.8 Å². The zero-order valence-electron chi connectivity index (χ0n) is 24.2. The predicted molar refractivity (Wildman–Crippen MR) is 172 cm³/mol. The van der Waals surface area contributed by atoms with Gasteiger partial charge in [-0.1, -0.05) is 100 Å². The number of hydrogen-bond acceptors (Lipinski definition) is 6. The average Bonchev–Trinajstić information content (AvgIpc) is 3.62. The Balaban J connectivity index is 0.000000230. The fourth-order valence-electron chi connectivity index (χ4n) is 3.67. The average molecular weight is 652 g/mol. The van der Waals surface area contributed by atoms with Crippen LogP contribution >= 0.6 is 46.4 Å². The number of rotatable bonds is 6. The Morgan fingerprint density at radius 1 is 0.667 bits per heavy atom. The monoisotopic (exact) mass is 650 g/mol. The minimum Gasteiger partial charge on any atom is -0.386 e. The normalized spacial score (nSPS) is 14.3. The number of nitrogens with zero attached hydrogens (tertiary/aromatic N) is 6. The van der Waals surface area contributed by atoms with E-state index in [1.807, 2.05) is 41.5 Å². The molecule has 4 aromatic rings. The lowest BCUT2D eigenvalue weighted by atomic mass is 9.86. The van der Waals surface area contributed by atoms with E-state index < -0.39 is 12.2 Å². The van der Waals surface area contributed by atoms with Gasteiger partial charge in [-0.15, -0.1) is 0 Å². The number of aliphatic hydroxyl groups is 2. The van der Waals surface area contributed by atoms with Gasteiger partial charge in [0.2, 0.25) is 0 Å². The predicted octanol–water partition coefficient (Wildman–Crippen LogP) is 7.98. The number of aliphatic hydroxyl groups excluding tert-OH is 2. The minimum absolute atomic E-state index is 0.351. The maximum absolute atomic E-state index is 10.6. The van der Waals surface area contributed by atoms with E-state index in [4.69, 9.17) is 46.4 Å². The molecule has 0 bridgehead atoms. The van der Waals surface area contributed by atoms with Crippen molar-refractivity contribution in [3.8, 4) is 0 Å². The van der Waals surface area contributed by atoms with Gasteiger partial charge in [0.1, 0.15) is 37.5 Å². The minimum atomic E-state index is -0.731. The molecule has 0 spiro atoms. The molecule has 2 heterocycles. The summed E-state index contributed by atoms with van der Waals surface area (Å²) in [7, 11) is 0. The Labute approximate surface area is 266 Å². The molecule has 224 valence electrons. The molecule has 0 amide bonds. The summed E-state index contributed by atoms with van der Waals surface area (Å²) in [6, 6.07) is 10.4. The van der Waals surface area contributed by atoms with Crippen LogP contribution in [0.5, 0.6) is 0 Å². The van der Waals surface area contributed by atoms with Crippen LogP contribution < -0.4 is 0 Å². The van der Waals surface area contributed by atoms with E-state index in [0.717, 1.165) is 11.1 Å². The highest BCUT2D eigenvalue weighted by molar-refractivity contribution is 6.36. The molecule has 0 radical (unpaired) electrons. The van der Waals surface area contributed by atoms with Gasteiger partial charge in [0.15, 0.2) is 0 Å². The van der Waals surface area contributed by atoms with Crippen LogP contribution in [0.15, 0.2) is 61.7 Å². The molecule has 0 fully saturated rings. The number of halogens is 4. The van der Waals surface area contributed by atoms with E-state index in [1.165, 1.54) is 12.7 Å². The zero-order chi connectivity index (χ0) is 31.2. The molecule has 42 heavy (non-hydrogen) atoms. The summed E-state index contributed by atoms with van der Waals surface area (Å²) in [5, 5.41) is 31.6. The number of hydrogen-bond donors (Lipinski definition) is 2. The summed E-state index contributed by atoms with van der Waals surface area (Å²) in [5.74, 6) is 0. The first-order valence-electron chi connectivity index (χ1n) is 13.0. The maximum Gasteiger partial charge on any atom is 0.138 e. The van der Waals surface area contributed by atoms with Crippen molar-refractivity contribution in [1.29, 1.82) is 0 Å². The third-order valence-electron chi connectivity index (χ3n) is 6.10. The molecule has 4 rings (SSSR count). The number of benzene rings is 2. The second kappa shape index (κ2) is 14.2.